The molecule has 0 amide bonds. The van der Waals surface area contributed by atoms with E-state index in [4.69, 9.17) is 9.72 Å². The highest BCUT2D eigenvalue weighted by atomic mass is 16.5. The third kappa shape index (κ3) is 3.82. The highest BCUT2D eigenvalue weighted by molar-refractivity contribution is 5.90. The largest absolute Gasteiger partial charge is 0.455 e. The van der Waals surface area contributed by atoms with E-state index in [1.165, 1.54) is 22.3 Å². The zero-order chi connectivity index (χ0) is 32.5. The second-order valence-corrected chi connectivity index (χ2v) is 12.6. The minimum atomic E-state index is -0.639. The summed E-state index contributed by atoms with van der Waals surface area (Å²) >= 11 is 0. The van der Waals surface area contributed by atoms with Crippen molar-refractivity contribution in [1.29, 1.82) is 5.26 Å². The molecule has 1 aliphatic carbocycles. The van der Waals surface area contributed by atoms with Gasteiger partial charge in [0.2, 0.25) is 0 Å². The number of imidazole rings is 1. The fraction of sp³-hybridized carbons (Fsp3) is 0.0222. The van der Waals surface area contributed by atoms with Gasteiger partial charge in [-0.25, -0.2) is 4.98 Å². The summed E-state index contributed by atoms with van der Waals surface area (Å²) in [6, 6.07) is 59.4. The lowest BCUT2D eigenvalue weighted by Gasteiger charge is -2.40. The number of aromatic nitrogens is 2. The molecular weight excluding hydrogens is 599 g/mol. The van der Waals surface area contributed by atoms with Crippen LogP contribution in [0.3, 0.4) is 0 Å². The van der Waals surface area contributed by atoms with Crippen LogP contribution >= 0.6 is 0 Å². The summed E-state index contributed by atoms with van der Waals surface area (Å²) in [5.41, 5.74) is 12.8. The van der Waals surface area contributed by atoms with E-state index in [-0.39, 0.29) is 0 Å². The van der Waals surface area contributed by atoms with Gasteiger partial charge < -0.3 is 4.74 Å². The second kappa shape index (κ2) is 10.4. The summed E-state index contributed by atoms with van der Waals surface area (Å²) in [5.74, 6) is 2.27. The molecule has 0 fully saturated rings. The van der Waals surface area contributed by atoms with Gasteiger partial charge in [0.15, 0.2) is 0 Å². The molecule has 2 heterocycles. The van der Waals surface area contributed by atoms with Gasteiger partial charge in [0.1, 0.15) is 23.4 Å². The van der Waals surface area contributed by atoms with Crippen LogP contribution < -0.4 is 4.74 Å². The lowest BCUT2D eigenvalue weighted by atomic mass is 9.65. The lowest BCUT2D eigenvalue weighted by Crippen LogP contribution is -2.32. The summed E-state index contributed by atoms with van der Waals surface area (Å²) in [6.07, 6.45) is 0. The maximum atomic E-state index is 10.6. The Balaban J connectivity index is 1.18. The average Bonchev–Trinajstić information content (AvgIpc) is 3.70. The first kappa shape index (κ1) is 27.4. The molecule has 1 aliphatic heterocycles. The van der Waals surface area contributed by atoms with Crippen molar-refractivity contribution in [3.63, 3.8) is 0 Å². The number of benzene rings is 7. The van der Waals surface area contributed by atoms with Crippen molar-refractivity contribution in [1.82, 2.24) is 9.55 Å². The van der Waals surface area contributed by atoms with Crippen molar-refractivity contribution in [2.24, 2.45) is 0 Å². The summed E-state index contributed by atoms with van der Waals surface area (Å²) in [5, 5.41) is 10.6. The van der Waals surface area contributed by atoms with Gasteiger partial charge in [0.05, 0.1) is 22.0 Å². The third-order valence-electron chi connectivity index (χ3n) is 10.1. The molecule has 10 rings (SSSR count). The van der Waals surface area contributed by atoms with Crippen LogP contribution in [-0.4, -0.2) is 9.55 Å². The highest BCUT2D eigenvalue weighted by Gasteiger charge is 2.51. The number of nitrogens with zero attached hydrogens (tertiary/aromatic N) is 3. The quantitative estimate of drug-likeness (QED) is 0.196. The molecule has 4 heteroatoms. The number of hydrogen-bond acceptors (Lipinski definition) is 3. The zero-order valence-electron chi connectivity index (χ0n) is 26.3. The number of nitriles is 1. The molecule has 0 bridgehead atoms. The molecule has 0 N–H and O–H groups in total. The van der Waals surface area contributed by atoms with Crippen LogP contribution in [0.2, 0.25) is 0 Å². The minimum absolute atomic E-state index is 0.512. The van der Waals surface area contributed by atoms with Gasteiger partial charge in [-0.05, 0) is 75.8 Å². The van der Waals surface area contributed by atoms with E-state index in [2.05, 4.69) is 144 Å². The summed E-state index contributed by atoms with van der Waals surface area (Å²) in [4.78, 5) is 5.06. The van der Waals surface area contributed by atoms with E-state index in [1.807, 2.05) is 30.3 Å². The Kier molecular flexibility index (Phi) is 5.82. The predicted octanol–water partition coefficient (Wildman–Crippen LogP) is 10.7. The monoisotopic (exact) mass is 625 g/mol. The Hall–Kier alpha value is -6.70. The van der Waals surface area contributed by atoms with E-state index >= 15 is 0 Å². The van der Waals surface area contributed by atoms with Crippen LogP contribution in [0.5, 0.6) is 11.5 Å². The van der Waals surface area contributed by atoms with Crippen LogP contribution in [0.1, 0.15) is 27.8 Å². The maximum Gasteiger partial charge on any atom is 0.150 e. The molecule has 0 saturated carbocycles. The molecule has 7 aromatic carbocycles. The fourth-order valence-electron chi connectivity index (χ4n) is 8.07. The van der Waals surface area contributed by atoms with E-state index < -0.39 is 5.41 Å². The molecule has 8 aromatic rings. The molecule has 49 heavy (non-hydrogen) atoms. The van der Waals surface area contributed by atoms with Crippen molar-refractivity contribution in [3.05, 3.63) is 192 Å². The number of rotatable bonds is 3. The Morgan fingerprint density at radius 3 is 1.90 bits per heavy atom. The zero-order valence-corrected chi connectivity index (χ0v) is 26.3. The minimum Gasteiger partial charge on any atom is -0.455 e. The fourth-order valence-corrected chi connectivity index (χ4v) is 8.07. The van der Waals surface area contributed by atoms with Gasteiger partial charge in [-0.1, -0.05) is 121 Å². The first-order valence-electron chi connectivity index (χ1n) is 16.4. The molecule has 228 valence electrons. The first-order chi connectivity index (χ1) is 24.3. The Morgan fingerprint density at radius 2 is 1.16 bits per heavy atom. The van der Waals surface area contributed by atoms with Crippen LogP contribution in [0.15, 0.2) is 164 Å². The van der Waals surface area contributed by atoms with Gasteiger partial charge in [-0.3, -0.25) is 4.57 Å². The first-order valence-corrected chi connectivity index (χ1v) is 16.4. The molecule has 2 aliphatic rings. The summed E-state index contributed by atoms with van der Waals surface area (Å²) in [6.45, 7) is 0. The number of para-hydroxylation sites is 4. The van der Waals surface area contributed by atoms with E-state index in [0.717, 1.165) is 56.1 Å². The molecule has 4 nitrogen and oxygen atoms in total. The van der Waals surface area contributed by atoms with Crippen molar-refractivity contribution in [2.75, 3.05) is 0 Å². The molecule has 0 unspecified atom stereocenters. The Morgan fingerprint density at radius 1 is 0.551 bits per heavy atom. The van der Waals surface area contributed by atoms with Crippen molar-refractivity contribution in [2.45, 2.75) is 5.41 Å². The summed E-state index contributed by atoms with van der Waals surface area (Å²) < 4.78 is 8.85. The standard InChI is InChI=1S/C45H27N3O/c46-28-32-26-31(29-22-24-30(25-23-29)44-47-40-19-9-10-20-41(40)48(44)33-12-2-1-3-13-33)27-39-43(32)49-42-21-11-8-18-38(42)45(39)36-16-6-4-14-34(36)35-15-5-7-17-37(35)45/h1-27H. The Bertz CT molecular complexity index is 2600. The topological polar surface area (TPSA) is 50.8 Å². The van der Waals surface area contributed by atoms with Crippen molar-refractivity contribution in [3.8, 4) is 56.9 Å². The molecule has 0 atom stereocenters. The van der Waals surface area contributed by atoms with E-state index in [9.17, 15) is 5.26 Å². The van der Waals surface area contributed by atoms with E-state index in [1.54, 1.807) is 0 Å². The SMILES string of the molecule is N#Cc1cc(-c2ccc(-c3nc4ccccc4n3-c3ccccc3)cc2)cc2c1Oc1ccccc1C21c2ccccc2-c2ccccc21. The van der Waals surface area contributed by atoms with Crippen LogP contribution in [0.4, 0.5) is 0 Å². The third-order valence-corrected chi connectivity index (χ3v) is 10.1. The molecular formula is C45H27N3O. The number of fused-ring (bicyclic) bond motifs is 10. The van der Waals surface area contributed by atoms with Crippen LogP contribution in [0, 0.1) is 11.3 Å². The van der Waals surface area contributed by atoms with E-state index in [0.29, 0.717) is 11.3 Å². The molecule has 1 aromatic heterocycles. The van der Waals surface area contributed by atoms with Crippen molar-refractivity contribution < 1.29 is 4.74 Å². The Labute approximate surface area is 283 Å². The number of ether oxygens (including phenoxy) is 1. The van der Waals surface area contributed by atoms with Crippen molar-refractivity contribution >= 4 is 11.0 Å². The van der Waals surface area contributed by atoms with Gasteiger partial charge >= 0.3 is 0 Å². The second-order valence-electron chi connectivity index (χ2n) is 12.6. The molecule has 0 radical (unpaired) electrons. The summed E-state index contributed by atoms with van der Waals surface area (Å²) in [7, 11) is 0. The van der Waals surface area contributed by atoms with Crippen LogP contribution in [-0.2, 0) is 5.41 Å². The van der Waals surface area contributed by atoms with Crippen LogP contribution in [0.25, 0.3) is 50.4 Å². The van der Waals surface area contributed by atoms with Gasteiger partial charge in [0, 0.05) is 22.4 Å². The lowest BCUT2D eigenvalue weighted by molar-refractivity contribution is 0.435. The normalized spacial score (nSPS) is 13.2. The molecule has 1 spiro atoms. The molecule has 0 saturated heterocycles. The number of hydrogen-bond donors (Lipinski definition) is 0. The smallest absolute Gasteiger partial charge is 0.150 e. The predicted molar refractivity (Wildman–Crippen MR) is 194 cm³/mol. The van der Waals surface area contributed by atoms with Gasteiger partial charge in [-0.2, -0.15) is 5.26 Å². The maximum absolute atomic E-state index is 10.6. The van der Waals surface area contributed by atoms with Gasteiger partial charge in [-0.15, -0.1) is 0 Å². The van der Waals surface area contributed by atoms with Gasteiger partial charge in [0.25, 0.3) is 0 Å². The highest BCUT2D eigenvalue weighted by Crippen LogP contribution is 2.62. The average molecular weight is 626 g/mol.